The molecule has 1 rings (SSSR count). The van der Waals surface area contributed by atoms with Crippen LogP contribution in [0, 0.1) is 80.5 Å². The molecule has 1 unspecified atom stereocenters. The first-order valence-electron chi connectivity index (χ1n) is 10.8. The van der Waals surface area contributed by atoms with Gasteiger partial charge in [-0.25, -0.2) is 4.79 Å². The zero-order chi connectivity index (χ0) is 25.6. The van der Waals surface area contributed by atoms with Gasteiger partial charge >= 0.3 is 37.1 Å². The molecule has 1 aliphatic rings. The summed E-state index contributed by atoms with van der Waals surface area (Å²) in [5.74, 6) is -1.47. The number of carbonyl (C=O) groups is 2. The molecule has 8 heteroatoms. The molecule has 0 radical (unpaired) electrons. The maximum atomic E-state index is 11.8. The second kappa shape index (κ2) is 26.1. The van der Waals surface area contributed by atoms with E-state index in [2.05, 4.69) is 32.0 Å². The summed E-state index contributed by atoms with van der Waals surface area (Å²) in [5.41, 5.74) is -1.02. The number of amides is 1. The van der Waals surface area contributed by atoms with Gasteiger partial charge in [-0.15, -0.1) is 12.8 Å². The number of morpholine rings is 1. The second-order valence-electron chi connectivity index (χ2n) is 6.50. The van der Waals surface area contributed by atoms with Crippen LogP contribution in [0.1, 0.15) is 74.1 Å². The van der Waals surface area contributed by atoms with E-state index in [-0.39, 0.29) is 55.8 Å². The Labute approximate surface area is 220 Å². The average Bonchev–Trinajstić information content (AvgIpc) is 2.78. The number of rotatable bonds is 8. The second-order valence-corrected chi connectivity index (χ2v) is 6.50. The van der Waals surface area contributed by atoms with E-state index in [0.29, 0.717) is 31.7 Å². The van der Waals surface area contributed by atoms with Gasteiger partial charge in [0.25, 0.3) is 5.91 Å². The van der Waals surface area contributed by atoms with E-state index in [1.807, 2.05) is 48.5 Å². The molecule has 1 atom stereocenters. The van der Waals surface area contributed by atoms with Gasteiger partial charge < -0.3 is 39.8 Å². The summed E-state index contributed by atoms with van der Waals surface area (Å²) in [6.45, 7) is 21.8. The van der Waals surface area contributed by atoms with Crippen LogP contribution in [-0.4, -0.2) is 47.2 Å². The van der Waals surface area contributed by atoms with Crippen LogP contribution in [0.4, 0.5) is 0 Å². The Kier molecular flexibility index (Phi) is 33.6. The molecule has 1 saturated heterocycles. The van der Waals surface area contributed by atoms with Crippen molar-refractivity contribution in [3.8, 4) is 12.8 Å². The van der Waals surface area contributed by atoms with Crippen LogP contribution < -0.4 is 5.32 Å². The fourth-order valence-electron chi connectivity index (χ4n) is 2.03. The van der Waals surface area contributed by atoms with Crippen molar-refractivity contribution in [1.29, 1.82) is 10.8 Å². The van der Waals surface area contributed by atoms with E-state index >= 15 is 0 Å². The number of terminal acetylenes is 1. The van der Waals surface area contributed by atoms with Crippen LogP contribution in [0.25, 0.3) is 0 Å². The fraction of sp³-hybridized carbons (Fsp3) is 0.667. The van der Waals surface area contributed by atoms with Crippen LogP contribution in [0.3, 0.4) is 0 Å². The molecule has 0 aromatic carbocycles. The van der Waals surface area contributed by atoms with E-state index in [0.717, 1.165) is 5.71 Å². The number of carboxylic acids is 1. The van der Waals surface area contributed by atoms with Crippen molar-refractivity contribution in [2.24, 2.45) is 11.8 Å². The van der Waals surface area contributed by atoms with Crippen LogP contribution in [0.15, 0.2) is 0 Å². The Hall–Kier alpha value is -1.15. The molecule has 0 spiro atoms. The third kappa shape index (κ3) is 17.4. The van der Waals surface area contributed by atoms with Crippen LogP contribution >= 0.6 is 0 Å². The maximum Gasteiger partial charge on any atom is 2.00 e. The van der Waals surface area contributed by atoms with Crippen molar-refractivity contribution in [2.45, 2.75) is 79.8 Å². The smallest absolute Gasteiger partial charge is 0.479 e. The Bertz CT molecular complexity index is 533. The Morgan fingerprint density at radius 2 is 1.59 bits per heavy atom. The normalized spacial score (nSPS) is 16.0. The number of carbonyl (C=O) groups excluding carboxylic acids is 1. The van der Waals surface area contributed by atoms with Gasteiger partial charge in [0.2, 0.25) is 5.60 Å². The quantitative estimate of drug-likeness (QED) is 0.128. The zero-order valence-corrected chi connectivity index (χ0v) is 25.3. The first-order valence-corrected chi connectivity index (χ1v) is 10.8. The monoisotopic (exact) mass is 677 g/mol. The van der Waals surface area contributed by atoms with Crippen LogP contribution in [0.5, 0.6) is 0 Å². The molecular formula is C24H45N3O4U. The van der Waals surface area contributed by atoms with E-state index in [9.17, 15) is 14.7 Å². The van der Waals surface area contributed by atoms with Crippen molar-refractivity contribution in [3.63, 3.8) is 0 Å². The number of carboxylic acid groups (broad SMARTS) is 1. The van der Waals surface area contributed by atoms with Gasteiger partial charge in [0.1, 0.15) is 0 Å². The topological polar surface area (TPSA) is 123 Å². The molecule has 4 N–H and O–H groups in total. The van der Waals surface area contributed by atoms with Gasteiger partial charge in [-0.05, 0) is 19.3 Å². The third-order valence-electron chi connectivity index (χ3n) is 4.13. The molecule has 0 aliphatic carbocycles. The van der Waals surface area contributed by atoms with Crippen LogP contribution in [-0.2, 0) is 14.3 Å². The zero-order valence-electron chi connectivity index (χ0n) is 21.1. The third-order valence-corrected chi connectivity index (χ3v) is 4.13. The van der Waals surface area contributed by atoms with E-state index < -0.39 is 17.5 Å². The molecule has 7 nitrogen and oxygen atoms in total. The minimum atomic E-state index is -1.96. The summed E-state index contributed by atoms with van der Waals surface area (Å²) in [6, 6.07) is 0. The molecule has 0 saturated carbocycles. The molecule has 1 amide bonds. The minimum absolute atomic E-state index is 0. The van der Waals surface area contributed by atoms with Gasteiger partial charge in [-0.1, -0.05) is 47.5 Å². The first-order chi connectivity index (χ1) is 14.6. The summed E-state index contributed by atoms with van der Waals surface area (Å²) in [5, 5.41) is 26.6. The fourth-order valence-corrected chi connectivity index (χ4v) is 2.03. The predicted octanol–water partition coefficient (Wildman–Crippen LogP) is 4.80. The van der Waals surface area contributed by atoms with Gasteiger partial charge in [-0.2, -0.15) is 12.8 Å². The molecule has 184 valence electrons. The summed E-state index contributed by atoms with van der Waals surface area (Å²) >= 11 is 0. The van der Waals surface area contributed by atoms with Crippen molar-refractivity contribution in [3.05, 3.63) is 13.8 Å². The number of hydrogen-bond acceptors (Lipinski definition) is 5. The molecular weight excluding hydrogens is 632 g/mol. The van der Waals surface area contributed by atoms with Gasteiger partial charge in [-0.3, -0.25) is 4.79 Å². The summed E-state index contributed by atoms with van der Waals surface area (Å²) < 4.78 is 5.18. The van der Waals surface area contributed by atoms with Gasteiger partial charge in [0.05, 0.1) is 6.61 Å². The SMILES string of the molecule is C#C.CC.CC.CC(=N)C(C)C.[CH2-]CC(C[CH2-])CC(=N)CC1(C(=O)O)OCCNC1=O.[U+2]. The molecule has 32 heavy (non-hydrogen) atoms. The minimum Gasteiger partial charge on any atom is -0.479 e. The number of hydrogen-bond donors (Lipinski definition) is 4. The van der Waals surface area contributed by atoms with Crippen molar-refractivity contribution in [2.75, 3.05) is 13.2 Å². The molecule has 0 aromatic rings. The molecule has 0 bridgehead atoms. The number of nitrogens with one attached hydrogen (secondary N) is 3. The maximum absolute atomic E-state index is 11.8. The first kappa shape index (κ1) is 41.1. The summed E-state index contributed by atoms with van der Waals surface area (Å²) in [7, 11) is 0. The van der Waals surface area contributed by atoms with Gasteiger partial charge in [0.15, 0.2) is 0 Å². The number of aliphatic carboxylic acids is 1. The van der Waals surface area contributed by atoms with E-state index in [1.54, 1.807) is 0 Å². The van der Waals surface area contributed by atoms with E-state index in [4.69, 9.17) is 15.6 Å². The molecule has 1 aliphatic heterocycles. The van der Waals surface area contributed by atoms with Crippen molar-refractivity contribution in [1.82, 2.24) is 5.32 Å². The Balaban J connectivity index is -0.000000158. The number of ether oxygens (including phenoxy) is 1. The van der Waals surface area contributed by atoms with Crippen molar-refractivity contribution < 1.29 is 50.5 Å². The molecule has 1 fully saturated rings. The Morgan fingerprint density at radius 3 is 1.88 bits per heavy atom. The molecule has 1 heterocycles. The summed E-state index contributed by atoms with van der Waals surface area (Å²) in [4.78, 5) is 23.1. The molecule has 0 aromatic heterocycles. The van der Waals surface area contributed by atoms with E-state index in [1.165, 1.54) is 0 Å². The van der Waals surface area contributed by atoms with Crippen molar-refractivity contribution >= 4 is 23.3 Å². The van der Waals surface area contributed by atoms with Crippen LogP contribution in [0.2, 0.25) is 0 Å². The average molecular weight is 678 g/mol. The summed E-state index contributed by atoms with van der Waals surface area (Å²) in [6.07, 6.45) is 9.40. The Morgan fingerprint density at radius 1 is 1.19 bits per heavy atom. The van der Waals surface area contributed by atoms with Gasteiger partial charge in [0, 0.05) is 24.4 Å². The predicted molar refractivity (Wildman–Crippen MR) is 131 cm³/mol. The largest absolute Gasteiger partial charge is 2.00 e. The standard InChI is InChI=1S/C13H20N2O4.C5H11N.2C2H6.C2H2.U/c1-3-9(4-2)7-10(14)8-13(12(17)18)11(16)15-5-6-19-13;1-4(2)5(3)6;3*1-2;/h9,14H,1-8H2,(H,15,16)(H,17,18);4,6H,1-3H3;2*1-2H3;1-2H;/q-2;;;;;+2.